The van der Waals surface area contributed by atoms with Gasteiger partial charge in [-0.15, -0.1) is 0 Å². The van der Waals surface area contributed by atoms with E-state index in [4.69, 9.17) is 5.73 Å². The first-order chi connectivity index (χ1) is 8.45. The highest BCUT2D eigenvalue weighted by molar-refractivity contribution is 5.02. The minimum absolute atomic E-state index is 0.204. The molecule has 0 aromatic rings. The zero-order valence-corrected chi connectivity index (χ0v) is 12.9. The topological polar surface area (TPSA) is 35.7 Å². The third-order valence-corrected chi connectivity index (χ3v) is 4.44. The molecule has 1 saturated heterocycles. The van der Waals surface area contributed by atoms with E-state index in [1.54, 1.807) is 0 Å². The molecular weight excluding hydrogens is 224 g/mol. The van der Waals surface area contributed by atoms with Crippen molar-refractivity contribution in [2.75, 3.05) is 53.9 Å². The Morgan fingerprint density at radius 3 is 2.39 bits per heavy atom. The van der Waals surface area contributed by atoms with Gasteiger partial charge in [0, 0.05) is 24.7 Å². The van der Waals surface area contributed by atoms with Crippen LogP contribution in [0.15, 0.2) is 0 Å². The molecule has 108 valence electrons. The SMILES string of the molecule is CCN(CCCN(C)C)C1(CN)CC(C)N(C)C1. The molecule has 1 aliphatic rings. The summed E-state index contributed by atoms with van der Waals surface area (Å²) in [7, 11) is 6.50. The first kappa shape index (κ1) is 15.9. The van der Waals surface area contributed by atoms with Gasteiger partial charge in [-0.05, 0) is 60.5 Å². The van der Waals surface area contributed by atoms with Crippen LogP contribution in [0.5, 0.6) is 0 Å². The van der Waals surface area contributed by atoms with Crippen LogP contribution in [0.25, 0.3) is 0 Å². The van der Waals surface area contributed by atoms with Crippen molar-refractivity contribution in [2.45, 2.75) is 38.3 Å². The predicted molar refractivity (Wildman–Crippen MR) is 78.9 cm³/mol. The Balaban J connectivity index is 2.60. The zero-order valence-electron chi connectivity index (χ0n) is 12.9. The maximum atomic E-state index is 6.12. The summed E-state index contributed by atoms with van der Waals surface area (Å²) in [5.41, 5.74) is 6.33. The lowest BCUT2D eigenvalue weighted by Crippen LogP contribution is -2.55. The molecule has 0 spiro atoms. The number of rotatable bonds is 7. The Kier molecular flexibility index (Phi) is 6.05. The maximum Gasteiger partial charge on any atom is 0.0473 e. The second-order valence-electron chi connectivity index (χ2n) is 6.13. The monoisotopic (exact) mass is 256 g/mol. The highest BCUT2D eigenvalue weighted by atomic mass is 15.3. The van der Waals surface area contributed by atoms with E-state index in [0.29, 0.717) is 6.04 Å². The first-order valence-corrected chi connectivity index (χ1v) is 7.25. The van der Waals surface area contributed by atoms with Gasteiger partial charge in [0.2, 0.25) is 0 Å². The van der Waals surface area contributed by atoms with Crippen molar-refractivity contribution >= 4 is 0 Å². The van der Waals surface area contributed by atoms with E-state index >= 15 is 0 Å². The van der Waals surface area contributed by atoms with Crippen LogP contribution in [0.2, 0.25) is 0 Å². The highest BCUT2D eigenvalue weighted by Crippen LogP contribution is 2.30. The van der Waals surface area contributed by atoms with E-state index in [1.165, 1.54) is 12.8 Å². The fourth-order valence-corrected chi connectivity index (χ4v) is 3.20. The Bertz CT molecular complexity index is 232. The molecule has 0 aliphatic carbocycles. The van der Waals surface area contributed by atoms with Crippen LogP contribution in [0.3, 0.4) is 0 Å². The summed E-state index contributed by atoms with van der Waals surface area (Å²) >= 11 is 0. The van der Waals surface area contributed by atoms with Gasteiger partial charge in [-0.3, -0.25) is 4.90 Å². The van der Waals surface area contributed by atoms with Gasteiger partial charge in [0.1, 0.15) is 0 Å². The fourth-order valence-electron chi connectivity index (χ4n) is 3.20. The van der Waals surface area contributed by atoms with Gasteiger partial charge < -0.3 is 15.5 Å². The molecule has 2 atom stereocenters. The van der Waals surface area contributed by atoms with Crippen LogP contribution in [0, 0.1) is 0 Å². The van der Waals surface area contributed by atoms with E-state index in [1.807, 2.05) is 0 Å². The number of likely N-dealkylation sites (N-methyl/N-ethyl adjacent to an activating group) is 2. The summed E-state index contributed by atoms with van der Waals surface area (Å²) in [6, 6.07) is 0.649. The Hall–Kier alpha value is -0.160. The number of nitrogens with zero attached hydrogens (tertiary/aromatic N) is 3. The molecule has 2 N–H and O–H groups in total. The molecule has 1 fully saturated rings. The van der Waals surface area contributed by atoms with Gasteiger partial charge in [0.15, 0.2) is 0 Å². The molecule has 1 rings (SSSR count). The van der Waals surface area contributed by atoms with Crippen molar-refractivity contribution in [1.29, 1.82) is 0 Å². The molecule has 0 amide bonds. The lowest BCUT2D eigenvalue weighted by molar-refractivity contribution is 0.103. The molecule has 2 unspecified atom stereocenters. The number of hydrogen-bond donors (Lipinski definition) is 1. The molecule has 0 bridgehead atoms. The summed E-state index contributed by atoms with van der Waals surface area (Å²) in [6.07, 6.45) is 2.43. The van der Waals surface area contributed by atoms with E-state index in [0.717, 1.165) is 32.7 Å². The van der Waals surface area contributed by atoms with Crippen LogP contribution in [-0.2, 0) is 0 Å². The van der Waals surface area contributed by atoms with Crippen LogP contribution in [0.1, 0.15) is 26.7 Å². The van der Waals surface area contributed by atoms with Crippen LogP contribution >= 0.6 is 0 Å². The minimum atomic E-state index is 0.204. The third-order valence-electron chi connectivity index (χ3n) is 4.44. The lowest BCUT2D eigenvalue weighted by Gasteiger charge is -2.40. The molecule has 0 radical (unpaired) electrons. The van der Waals surface area contributed by atoms with E-state index < -0.39 is 0 Å². The van der Waals surface area contributed by atoms with Crippen molar-refractivity contribution in [3.05, 3.63) is 0 Å². The molecule has 0 aromatic carbocycles. The van der Waals surface area contributed by atoms with Gasteiger partial charge in [0.05, 0.1) is 0 Å². The normalized spacial score (nSPS) is 29.7. The molecule has 0 aromatic heterocycles. The van der Waals surface area contributed by atoms with Gasteiger partial charge in [-0.1, -0.05) is 6.92 Å². The second-order valence-corrected chi connectivity index (χ2v) is 6.13. The quantitative estimate of drug-likeness (QED) is 0.727. The average Bonchev–Trinajstić information content (AvgIpc) is 2.61. The van der Waals surface area contributed by atoms with Gasteiger partial charge in [-0.2, -0.15) is 0 Å². The summed E-state index contributed by atoms with van der Waals surface area (Å²) in [4.78, 5) is 7.31. The molecule has 18 heavy (non-hydrogen) atoms. The van der Waals surface area contributed by atoms with Crippen LogP contribution in [0.4, 0.5) is 0 Å². The predicted octanol–water partition coefficient (Wildman–Crippen LogP) is 0.682. The Morgan fingerprint density at radius 1 is 1.33 bits per heavy atom. The Morgan fingerprint density at radius 2 is 2.00 bits per heavy atom. The molecule has 0 saturated carbocycles. The third kappa shape index (κ3) is 3.67. The van der Waals surface area contributed by atoms with Crippen molar-refractivity contribution in [2.24, 2.45) is 5.73 Å². The number of likely N-dealkylation sites (tertiary alicyclic amines) is 1. The van der Waals surface area contributed by atoms with Crippen LogP contribution in [-0.4, -0.2) is 80.1 Å². The minimum Gasteiger partial charge on any atom is -0.329 e. The maximum absolute atomic E-state index is 6.12. The van der Waals surface area contributed by atoms with Crippen LogP contribution < -0.4 is 5.73 Å². The Labute approximate surface area is 113 Å². The summed E-state index contributed by atoms with van der Waals surface area (Å²) in [5.74, 6) is 0. The van der Waals surface area contributed by atoms with E-state index in [2.05, 4.69) is 49.7 Å². The van der Waals surface area contributed by atoms with E-state index in [9.17, 15) is 0 Å². The van der Waals surface area contributed by atoms with E-state index in [-0.39, 0.29) is 5.54 Å². The van der Waals surface area contributed by atoms with Gasteiger partial charge in [0.25, 0.3) is 0 Å². The highest BCUT2D eigenvalue weighted by Gasteiger charge is 2.43. The number of nitrogens with two attached hydrogens (primary N) is 1. The standard InChI is InChI=1S/C14H32N4/c1-6-18(9-7-8-16(3)4)14(11-15)10-13(2)17(5)12-14/h13H,6-12,15H2,1-5H3. The van der Waals surface area contributed by atoms with Gasteiger partial charge >= 0.3 is 0 Å². The second kappa shape index (κ2) is 6.85. The molecule has 1 heterocycles. The lowest BCUT2D eigenvalue weighted by atomic mass is 9.93. The molecule has 4 nitrogen and oxygen atoms in total. The molecule has 1 aliphatic heterocycles. The van der Waals surface area contributed by atoms with Crippen molar-refractivity contribution in [1.82, 2.24) is 14.7 Å². The summed E-state index contributed by atoms with van der Waals surface area (Å²) in [6.45, 7) is 9.87. The summed E-state index contributed by atoms with van der Waals surface area (Å²) < 4.78 is 0. The fraction of sp³-hybridized carbons (Fsp3) is 1.00. The molecule has 4 heteroatoms. The van der Waals surface area contributed by atoms with Crippen molar-refractivity contribution in [3.8, 4) is 0 Å². The van der Waals surface area contributed by atoms with Crippen molar-refractivity contribution in [3.63, 3.8) is 0 Å². The largest absolute Gasteiger partial charge is 0.329 e. The van der Waals surface area contributed by atoms with Gasteiger partial charge in [-0.25, -0.2) is 0 Å². The summed E-state index contributed by atoms with van der Waals surface area (Å²) in [5, 5.41) is 0. The molecular formula is C14H32N4. The zero-order chi connectivity index (χ0) is 13.8. The smallest absolute Gasteiger partial charge is 0.0473 e. The van der Waals surface area contributed by atoms with Crippen molar-refractivity contribution < 1.29 is 0 Å². The average molecular weight is 256 g/mol. The first-order valence-electron chi connectivity index (χ1n) is 7.25. The number of hydrogen-bond acceptors (Lipinski definition) is 4.